The highest BCUT2D eigenvalue weighted by atomic mass is 31.2. The van der Waals surface area contributed by atoms with E-state index in [9.17, 15) is 9.36 Å². The van der Waals surface area contributed by atoms with Crippen LogP contribution in [-0.4, -0.2) is 40.0 Å². The summed E-state index contributed by atoms with van der Waals surface area (Å²) in [6.07, 6.45) is 1.42. The van der Waals surface area contributed by atoms with Crippen LogP contribution in [0.1, 0.15) is 26.3 Å². The van der Waals surface area contributed by atoms with Gasteiger partial charge in [0.1, 0.15) is 5.31 Å². The quantitative estimate of drug-likeness (QED) is 0.350. The summed E-state index contributed by atoms with van der Waals surface area (Å²) in [5.41, 5.74) is 0.570. The molecule has 140 valence electrons. The molecule has 0 heterocycles. The Morgan fingerprint density at radius 3 is 2.08 bits per heavy atom. The van der Waals surface area contributed by atoms with Crippen molar-refractivity contribution in [1.82, 2.24) is 0 Å². The summed E-state index contributed by atoms with van der Waals surface area (Å²) in [4.78, 5) is 12.3. The van der Waals surface area contributed by atoms with Gasteiger partial charge in [-0.05, 0) is 44.5 Å². The van der Waals surface area contributed by atoms with Gasteiger partial charge in [-0.2, -0.15) is 0 Å². The van der Waals surface area contributed by atoms with E-state index in [1.54, 1.807) is 39.0 Å². The minimum absolute atomic E-state index is 0.125. The average molecular weight is 372 g/mol. The van der Waals surface area contributed by atoms with Gasteiger partial charge in [-0.3, -0.25) is 4.57 Å². The third-order valence-corrected chi connectivity index (χ3v) is 5.19. The highest BCUT2D eigenvalue weighted by Gasteiger charge is 2.36. The van der Waals surface area contributed by atoms with Gasteiger partial charge in [-0.1, -0.05) is 6.07 Å². The van der Waals surface area contributed by atoms with Crippen LogP contribution in [0, 0.1) is 0 Å². The smallest absolute Gasteiger partial charge is 0.368 e. The molecule has 0 amide bonds. The number of hydrogen-bond donors (Lipinski definition) is 0. The molecule has 1 aromatic rings. The minimum Gasteiger partial charge on any atom is -0.493 e. The van der Waals surface area contributed by atoms with Crippen molar-refractivity contribution in [1.29, 1.82) is 0 Å². The van der Waals surface area contributed by atoms with Crippen LogP contribution >= 0.6 is 7.60 Å². The van der Waals surface area contributed by atoms with E-state index in [2.05, 4.69) is 0 Å². The van der Waals surface area contributed by atoms with E-state index in [0.29, 0.717) is 17.1 Å². The molecule has 7 nitrogen and oxygen atoms in total. The van der Waals surface area contributed by atoms with Crippen molar-refractivity contribution in [3.63, 3.8) is 0 Å². The number of ether oxygens (including phenoxy) is 3. The van der Waals surface area contributed by atoms with Gasteiger partial charge in [-0.25, -0.2) is 4.79 Å². The van der Waals surface area contributed by atoms with Gasteiger partial charge in [0, 0.05) is 0 Å². The van der Waals surface area contributed by atoms with Crippen LogP contribution in [0.3, 0.4) is 0 Å². The Morgan fingerprint density at radius 1 is 1.00 bits per heavy atom. The molecule has 0 aliphatic heterocycles. The number of methoxy groups -OCH3 is 2. The molecule has 0 spiro atoms. The van der Waals surface area contributed by atoms with Gasteiger partial charge in [-0.15, -0.1) is 0 Å². The van der Waals surface area contributed by atoms with Crippen molar-refractivity contribution in [2.24, 2.45) is 0 Å². The van der Waals surface area contributed by atoms with E-state index in [4.69, 9.17) is 23.3 Å². The Bertz CT molecular complexity index is 644. The molecule has 0 N–H and O–H groups in total. The van der Waals surface area contributed by atoms with Gasteiger partial charge in [0.05, 0.1) is 34.0 Å². The number of carbonyl (C=O) groups is 1. The summed E-state index contributed by atoms with van der Waals surface area (Å²) in [7, 11) is -0.782. The summed E-state index contributed by atoms with van der Waals surface area (Å²) in [5.74, 6) is 0.264. The topological polar surface area (TPSA) is 80.3 Å². The van der Waals surface area contributed by atoms with Crippen LogP contribution in [0.25, 0.3) is 6.08 Å². The van der Waals surface area contributed by atoms with Crippen LogP contribution in [0.5, 0.6) is 11.5 Å². The van der Waals surface area contributed by atoms with E-state index >= 15 is 0 Å². The van der Waals surface area contributed by atoms with Crippen molar-refractivity contribution in [2.75, 3.05) is 34.0 Å². The maximum absolute atomic E-state index is 13.0. The van der Waals surface area contributed by atoms with Crippen molar-refractivity contribution in [3.05, 3.63) is 29.1 Å². The highest BCUT2D eigenvalue weighted by molar-refractivity contribution is 7.60. The third-order valence-electron chi connectivity index (χ3n) is 3.09. The molecule has 0 saturated carbocycles. The monoisotopic (exact) mass is 372 g/mol. The van der Waals surface area contributed by atoms with E-state index in [1.165, 1.54) is 20.3 Å². The zero-order chi connectivity index (χ0) is 18.9. The number of hydrogen-bond acceptors (Lipinski definition) is 7. The Labute approximate surface area is 148 Å². The average Bonchev–Trinajstić information content (AvgIpc) is 2.59. The molecular weight excluding hydrogens is 347 g/mol. The second-order valence-electron chi connectivity index (χ2n) is 4.70. The molecule has 0 aliphatic carbocycles. The third kappa shape index (κ3) is 5.59. The fraction of sp³-hybridized carbons (Fsp3) is 0.471. The van der Waals surface area contributed by atoms with Crippen LogP contribution in [0.15, 0.2) is 23.5 Å². The zero-order valence-corrected chi connectivity index (χ0v) is 16.1. The summed E-state index contributed by atoms with van der Waals surface area (Å²) >= 11 is 0. The van der Waals surface area contributed by atoms with E-state index < -0.39 is 13.6 Å². The van der Waals surface area contributed by atoms with Gasteiger partial charge in [0.2, 0.25) is 0 Å². The van der Waals surface area contributed by atoms with Crippen LogP contribution in [-0.2, 0) is 23.1 Å². The molecule has 0 aromatic heterocycles. The van der Waals surface area contributed by atoms with Crippen molar-refractivity contribution in [3.8, 4) is 11.5 Å². The Kier molecular flexibility index (Phi) is 8.69. The molecule has 0 aliphatic rings. The van der Waals surface area contributed by atoms with Crippen molar-refractivity contribution < 1.29 is 32.6 Å². The van der Waals surface area contributed by atoms with Crippen LogP contribution in [0.2, 0.25) is 0 Å². The summed E-state index contributed by atoms with van der Waals surface area (Å²) in [6, 6.07) is 5.03. The van der Waals surface area contributed by atoms with E-state index in [1.807, 2.05) is 0 Å². The Hall–Kier alpha value is -1.82. The minimum atomic E-state index is -3.81. The first-order chi connectivity index (χ1) is 11.9. The second-order valence-corrected chi connectivity index (χ2v) is 6.69. The molecule has 8 heteroatoms. The Morgan fingerprint density at radius 2 is 1.60 bits per heavy atom. The zero-order valence-electron chi connectivity index (χ0n) is 15.2. The molecule has 0 saturated heterocycles. The molecule has 0 bridgehead atoms. The van der Waals surface area contributed by atoms with Crippen molar-refractivity contribution in [2.45, 2.75) is 20.8 Å². The Balaban J connectivity index is 3.43. The van der Waals surface area contributed by atoms with Crippen LogP contribution in [0.4, 0.5) is 0 Å². The van der Waals surface area contributed by atoms with Crippen LogP contribution < -0.4 is 9.47 Å². The normalized spacial score (nSPS) is 12.0. The highest BCUT2D eigenvalue weighted by Crippen LogP contribution is 2.57. The van der Waals surface area contributed by atoms with Gasteiger partial charge < -0.3 is 23.3 Å². The fourth-order valence-corrected chi connectivity index (χ4v) is 3.70. The number of esters is 1. The lowest BCUT2D eigenvalue weighted by Crippen LogP contribution is -2.11. The summed E-state index contributed by atoms with van der Waals surface area (Å²) < 4.78 is 39.1. The second kappa shape index (κ2) is 10.2. The van der Waals surface area contributed by atoms with E-state index in [0.717, 1.165) is 0 Å². The lowest BCUT2D eigenvalue weighted by atomic mass is 10.2. The fourth-order valence-electron chi connectivity index (χ4n) is 2.07. The molecule has 1 aromatic carbocycles. The first-order valence-corrected chi connectivity index (χ1v) is 9.50. The van der Waals surface area contributed by atoms with E-state index in [-0.39, 0.29) is 25.1 Å². The molecule has 0 radical (unpaired) electrons. The molecule has 1 rings (SSSR count). The predicted octanol–water partition coefficient (Wildman–Crippen LogP) is 3.87. The summed E-state index contributed by atoms with van der Waals surface area (Å²) in [5, 5.41) is -0.162. The SMILES string of the molecule is CCOC(=O)C(=Cc1ccc(OC)c(OC)c1)P(=O)(OCC)OCC. The van der Waals surface area contributed by atoms with Crippen molar-refractivity contribution >= 4 is 19.6 Å². The number of carbonyl (C=O) groups excluding carboxylic acids is 1. The maximum Gasteiger partial charge on any atom is 0.368 e. The van der Waals surface area contributed by atoms with Gasteiger partial charge in [0.25, 0.3) is 0 Å². The van der Waals surface area contributed by atoms with Gasteiger partial charge in [0.15, 0.2) is 11.5 Å². The number of rotatable bonds is 10. The molecular formula is C17H25O7P. The first-order valence-electron chi connectivity index (χ1n) is 7.96. The first kappa shape index (κ1) is 21.2. The molecule has 0 atom stereocenters. The standard InChI is InChI=1S/C17H25O7P/c1-6-22-17(18)16(25(19,23-7-2)24-8-3)12-13-9-10-14(20-4)15(11-13)21-5/h9-12H,6-8H2,1-5H3. The summed E-state index contributed by atoms with van der Waals surface area (Å²) in [6.45, 7) is 5.40. The lowest BCUT2D eigenvalue weighted by molar-refractivity contribution is -0.137. The molecule has 0 unspecified atom stereocenters. The molecule has 25 heavy (non-hydrogen) atoms. The largest absolute Gasteiger partial charge is 0.493 e. The maximum atomic E-state index is 13.0. The number of benzene rings is 1. The lowest BCUT2D eigenvalue weighted by Gasteiger charge is -2.19. The van der Waals surface area contributed by atoms with Gasteiger partial charge >= 0.3 is 13.6 Å². The molecule has 0 fully saturated rings. The predicted molar refractivity (Wildman–Crippen MR) is 95.0 cm³/mol.